The zero-order valence-electron chi connectivity index (χ0n) is 12.8. The number of nitrogens with one attached hydrogen (secondary N) is 1. The van der Waals surface area contributed by atoms with Gasteiger partial charge in [0, 0.05) is 18.7 Å². The summed E-state index contributed by atoms with van der Waals surface area (Å²) in [5.74, 6) is -0.672. The van der Waals surface area contributed by atoms with Crippen LogP contribution in [-0.4, -0.2) is 56.1 Å². The van der Waals surface area contributed by atoms with Gasteiger partial charge < -0.3 is 24.6 Å². The number of hydrogen-bond acceptors (Lipinski definition) is 5. The molecular formula is C16H21NO6. The van der Waals surface area contributed by atoms with Gasteiger partial charge in [-0.25, -0.2) is 4.79 Å². The minimum Gasteiger partial charge on any atom is -0.491 e. The second-order valence-corrected chi connectivity index (χ2v) is 5.18. The van der Waals surface area contributed by atoms with Gasteiger partial charge in [0.1, 0.15) is 19.0 Å². The Morgan fingerprint density at radius 1 is 1.39 bits per heavy atom. The van der Waals surface area contributed by atoms with Crippen LogP contribution in [0.15, 0.2) is 24.3 Å². The van der Waals surface area contributed by atoms with Crippen molar-refractivity contribution in [3.05, 3.63) is 29.8 Å². The molecule has 1 amide bonds. The largest absolute Gasteiger partial charge is 0.491 e. The van der Waals surface area contributed by atoms with Crippen LogP contribution in [-0.2, 0) is 14.3 Å². The van der Waals surface area contributed by atoms with Crippen LogP contribution in [0.3, 0.4) is 0 Å². The van der Waals surface area contributed by atoms with E-state index in [4.69, 9.17) is 19.3 Å². The Morgan fingerprint density at radius 3 is 3.00 bits per heavy atom. The average molecular weight is 323 g/mol. The van der Waals surface area contributed by atoms with Crippen LogP contribution in [0.25, 0.3) is 0 Å². The number of amides is 1. The molecule has 1 aliphatic heterocycles. The normalized spacial score (nSPS) is 17.0. The first-order valence-corrected chi connectivity index (χ1v) is 7.57. The Hall–Kier alpha value is -2.12. The third kappa shape index (κ3) is 6.25. The van der Waals surface area contributed by atoms with Crippen LogP contribution in [0.4, 0.5) is 0 Å². The SMILES string of the molecule is O=C(O)COCCNC(=O)c1cccc(OCC2CCCO2)c1. The zero-order chi connectivity index (χ0) is 16.5. The van der Waals surface area contributed by atoms with Crippen molar-refractivity contribution in [2.75, 3.05) is 33.0 Å². The van der Waals surface area contributed by atoms with Crippen LogP contribution in [0.2, 0.25) is 0 Å². The Balaban J connectivity index is 1.74. The van der Waals surface area contributed by atoms with Gasteiger partial charge in [0.15, 0.2) is 0 Å². The summed E-state index contributed by atoms with van der Waals surface area (Å²) in [5.41, 5.74) is 0.480. The molecule has 7 nitrogen and oxygen atoms in total. The topological polar surface area (TPSA) is 94.1 Å². The predicted molar refractivity (Wildman–Crippen MR) is 81.7 cm³/mol. The molecule has 0 spiro atoms. The van der Waals surface area contributed by atoms with E-state index in [-0.39, 0.29) is 31.8 Å². The molecule has 0 aromatic heterocycles. The van der Waals surface area contributed by atoms with Gasteiger partial charge in [0.25, 0.3) is 5.91 Å². The lowest BCUT2D eigenvalue weighted by atomic mass is 10.2. The fourth-order valence-electron chi connectivity index (χ4n) is 2.19. The number of carbonyl (C=O) groups is 2. The summed E-state index contributed by atoms with van der Waals surface area (Å²) in [5, 5.41) is 11.1. The van der Waals surface area contributed by atoms with E-state index in [0.29, 0.717) is 17.9 Å². The fraction of sp³-hybridized carbons (Fsp3) is 0.500. The molecule has 2 N–H and O–H groups in total. The van der Waals surface area contributed by atoms with Crippen LogP contribution >= 0.6 is 0 Å². The average Bonchev–Trinajstić information content (AvgIpc) is 3.06. The van der Waals surface area contributed by atoms with Crippen molar-refractivity contribution in [2.45, 2.75) is 18.9 Å². The van der Waals surface area contributed by atoms with E-state index >= 15 is 0 Å². The highest BCUT2D eigenvalue weighted by Gasteiger charge is 2.16. The Kier molecular flexibility index (Phi) is 6.83. The highest BCUT2D eigenvalue weighted by molar-refractivity contribution is 5.94. The molecule has 1 atom stereocenters. The van der Waals surface area contributed by atoms with Crippen molar-refractivity contribution in [1.82, 2.24) is 5.32 Å². The third-order valence-corrected chi connectivity index (χ3v) is 3.31. The minimum atomic E-state index is -1.03. The number of rotatable bonds is 9. The smallest absolute Gasteiger partial charge is 0.329 e. The highest BCUT2D eigenvalue weighted by Crippen LogP contribution is 2.17. The van der Waals surface area contributed by atoms with Crippen molar-refractivity contribution >= 4 is 11.9 Å². The highest BCUT2D eigenvalue weighted by atomic mass is 16.5. The minimum absolute atomic E-state index is 0.124. The van der Waals surface area contributed by atoms with Gasteiger partial charge in [-0.3, -0.25) is 4.79 Å². The summed E-state index contributed by atoms with van der Waals surface area (Å²) in [4.78, 5) is 22.3. The lowest BCUT2D eigenvalue weighted by Gasteiger charge is -2.12. The molecule has 7 heteroatoms. The van der Waals surface area contributed by atoms with Crippen molar-refractivity contribution in [3.8, 4) is 5.75 Å². The van der Waals surface area contributed by atoms with Gasteiger partial charge in [-0.2, -0.15) is 0 Å². The molecular weight excluding hydrogens is 302 g/mol. The van der Waals surface area contributed by atoms with Crippen molar-refractivity contribution < 1.29 is 28.9 Å². The molecule has 1 aliphatic rings. The van der Waals surface area contributed by atoms with E-state index in [1.807, 2.05) is 0 Å². The van der Waals surface area contributed by atoms with Gasteiger partial charge >= 0.3 is 5.97 Å². The number of ether oxygens (including phenoxy) is 3. The van der Waals surface area contributed by atoms with Crippen LogP contribution < -0.4 is 10.1 Å². The lowest BCUT2D eigenvalue weighted by molar-refractivity contribution is -0.142. The number of carbonyl (C=O) groups excluding carboxylic acids is 1. The van der Waals surface area contributed by atoms with Crippen LogP contribution in [0.1, 0.15) is 23.2 Å². The summed E-state index contributed by atoms with van der Waals surface area (Å²) in [6, 6.07) is 6.90. The predicted octanol–water partition coefficient (Wildman–Crippen LogP) is 1.08. The number of hydrogen-bond donors (Lipinski definition) is 2. The van der Waals surface area contributed by atoms with E-state index in [9.17, 15) is 9.59 Å². The summed E-state index contributed by atoms with van der Waals surface area (Å²) in [6.07, 6.45) is 2.18. The second kappa shape index (κ2) is 9.12. The van der Waals surface area contributed by atoms with Gasteiger partial charge in [0.2, 0.25) is 0 Å². The summed E-state index contributed by atoms with van der Waals surface area (Å²) in [6.45, 7) is 1.28. The number of aliphatic carboxylic acids is 1. The molecule has 1 heterocycles. The number of carboxylic acid groups (broad SMARTS) is 1. The van der Waals surface area contributed by atoms with Crippen molar-refractivity contribution in [1.29, 1.82) is 0 Å². The summed E-state index contributed by atoms with van der Waals surface area (Å²) >= 11 is 0. The molecule has 1 fully saturated rings. The van der Waals surface area contributed by atoms with Gasteiger partial charge in [0.05, 0.1) is 12.7 Å². The quantitative estimate of drug-likeness (QED) is 0.660. The lowest BCUT2D eigenvalue weighted by Crippen LogP contribution is -2.28. The zero-order valence-corrected chi connectivity index (χ0v) is 12.8. The molecule has 0 radical (unpaired) electrons. The molecule has 126 valence electrons. The Bertz CT molecular complexity index is 527. The van der Waals surface area contributed by atoms with Gasteiger partial charge in [-0.1, -0.05) is 6.07 Å². The molecule has 1 aromatic carbocycles. The second-order valence-electron chi connectivity index (χ2n) is 5.18. The van der Waals surface area contributed by atoms with Crippen LogP contribution in [0, 0.1) is 0 Å². The molecule has 23 heavy (non-hydrogen) atoms. The summed E-state index contributed by atoms with van der Waals surface area (Å²) < 4.78 is 16.0. The van der Waals surface area contributed by atoms with Crippen molar-refractivity contribution in [2.24, 2.45) is 0 Å². The molecule has 1 unspecified atom stereocenters. The fourth-order valence-corrected chi connectivity index (χ4v) is 2.19. The monoisotopic (exact) mass is 323 g/mol. The Morgan fingerprint density at radius 2 is 2.26 bits per heavy atom. The van der Waals surface area contributed by atoms with E-state index in [1.54, 1.807) is 24.3 Å². The number of benzene rings is 1. The van der Waals surface area contributed by atoms with E-state index in [1.165, 1.54) is 0 Å². The van der Waals surface area contributed by atoms with E-state index in [2.05, 4.69) is 5.32 Å². The molecule has 0 bridgehead atoms. The van der Waals surface area contributed by atoms with E-state index in [0.717, 1.165) is 19.4 Å². The standard InChI is InChI=1S/C16H21NO6/c18-15(19)11-21-8-6-17-16(20)12-3-1-4-13(9-12)23-10-14-5-2-7-22-14/h1,3-4,9,14H,2,5-8,10-11H2,(H,17,20)(H,18,19). The maximum Gasteiger partial charge on any atom is 0.329 e. The molecule has 0 saturated carbocycles. The van der Waals surface area contributed by atoms with Gasteiger partial charge in [-0.15, -0.1) is 0 Å². The first kappa shape index (κ1) is 17.2. The first-order chi connectivity index (χ1) is 11.1. The van der Waals surface area contributed by atoms with E-state index < -0.39 is 5.97 Å². The molecule has 0 aliphatic carbocycles. The third-order valence-electron chi connectivity index (χ3n) is 3.31. The van der Waals surface area contributed by atoms with Crippen molar-refractivity contribution in [3.63, 3.8) is 0 Å². The number of carboxylic acids is 1. The maximum absolute atomic E-state index is 12.0. The summed E-state index contributed by atoms with van der Waals surface area (Å²) in [7, 11) is 0. The molecule has 2 rings (SSSR count). The van der Waals surface area contributed by atoms with Gasteiger partial charge in [-0.05, 0) is 31.0 Å². The molecule has 1 saturated heterocycles. The Labute approximate surface area is 134 Å². The first-order valence-electron chi connectivity index (χ1n) is 7.57. The molecule has 1 aromatic rings. The van der Waals surface area contributed by atoms with Crippen LogP contribution in [0.5, 0.6) is 5.75 Å². The maximum atomic E-state index is 12.0.